The van der Waals surface area contributed by atoms with Gasteiger partial charge in [0.05, 0.1) is 24.1 Å². The molecule has 0 radical (unpaired) electrons. The van der Waals surface area contributed by atoms with Gasteiger partial charge in [-0.25, -0.2) is 8.42 Å². The van der Waals surface area contributed by atoms with E-state index in [0.29, 0.717) is 12.5 Å². The van der Waals surface area contributed by atoms with E-state index >= 15 is 0 Å². The van der Waals surface area contributed by atoms with Crippen LogP contribution in [0.25, 0.3) is 0 Å². The number of sulfonamides is 1. The topological polar surface area (TPSA) is 46.6 Å². The molecule has 1 unspecified atom stereocenters. The number of methoxy groups -OCH3 is 1. The average Bonchev–Trinajstić information content (AvgIpc) is 2.56. The first kappa shape index (κ1) is 14.4. The highest BCUT2D eigenvalue weighted by Crippen LogP contribution is 2.38. The molecular formula is C14H18BrNO3S. The molecule has 3 rings (SSSR count). The molecule has 1 aromatic rings. The maximum Gasteiger partial charge on any atom is 0.239 e. The lowest BCUT2D eigenvalue weighted by molar-refractivity contribution is 0.0267. The number of halogens is 1. The summed E-state index contributed by atoms with van der Waals surface area (Å²) >= 11 is 3.39. The molecule has 0 bridgehead atoms. The van der Waals surface area contributed by atoms with E-state index in [2.05, 4.69) is 15.9 Å². The van der Waals surface area contributed by atoms with E-state index in [4.69, 9.17) is 4.74 Å². The predicted molar refractivity (Wildman–Crippen MR) is 82.2 cm³/mol. The van der Waals surface area contributed by atoms with Crippen molar-refractivity contribution < 1.29 is 13.2 Å². The van der Waals surface area contributed by atoms with Gasteiger partial charge < -0.3 is 4.74 Å². The molecule has 110 valence electrons. The van der Waals surface area contributed by atoms with Crippen LogP contribution in [0.15, 0.2) is 22.7 Å². The second-order valence-electron chi connectivity index (χ2n) is 5.53. The zero-order valence-electron chi connectivity index (χ0n) is 11.4. The number of rotatable bonds is 4. The molecule has 2 aliphatic rings. The van der Waals surface area contributed by atoms with Crippen molar-refractivity contribution in [3.05, 3.63) is 28.2 Å². The van der Waals surface area contributed by atoms with E-state index in [9.17, 15) is 8.42 Å². The number of hydrogen-bond donors (Lipinski definition) is 0. The molecule has 1 heterocycles. The molecular weight excluding hydrogens is 342 g/mol. The fourth-order valence-electron chi connectivity index (χ4n) is 2.94. The standard InChI is InChI=1S/C14H18BrNO3S/c1-19-14(10-3-2-4-10)8-16-13-6-5-12(15)7-11(13)9-20(16,17)18/h5-7,10,14H,2-4,8-9H2,1H3. The normalized spacial score (nSPS) is 22.4. The molecule has 0 saturated heterocycles. The Hall–Kier alpha value is -0.590. The van der Waals surface area contributed by atoms with E-state index in [1.165, 1.54) is 10.7 Å². The molecule has 1 atom stereocenters. The van der Waals surface area contributed by atoms with Crippen LogP contribution in [0.5, 0.6) is 0 Å². The third-order valence-electron chi connectivity index (χ3n) is 4.31. The Morgan fingerprint density at radius 2 is 2.20 bits per heavy atom. The minimum absolute atomic E-state index is 0.00637. The molecule has 0 amide bonds. The highest BCUT2D eigenvalue weighted by molar-refractivity contribution is 9.10. The quantitative estimate of drug-likeness (QED) is 0.830. The number of hydrogen-bond acceptors (Lipinski definition) is 3. The Morgan fingerprint density at radius 1 is 1.45 bits per heavy atom. The van der Waals surface area contributed by atoms with E-state index in [0.717, 1.165) is 28.6 Å². The number of benzene rings is 1. The van der Waals surface area contributed by atoms with Gasteiger partial charge in [-0.1, -0.05) is 22.4 Å². The van der Waals surface area contributed by atoms with Gasteiger partial charge in [0, 0.05) is 11.6 Å². The second-order valence-corrected chi connectivity index (χ2v) is 8.33. The summed E-state index contributed by atoms with van der Waals surface area (Å²) in [5, 5.41) is 0. The van der Waals surface area contributed by atoms with Crippen molar-refractivity contribution in [1.82, 2.24) is 0 Å². The van der Waals surface area contributed by atoms with Crippen LogP contribution >= 0.6 is 15.9 Å². The smallest absolute Gasteiger partial charge is 0.239 e. The van der Waals surface area contributed by atoms with Crippen LogP contribution in [-0.4, -0.2) is 28.2 Å². The predicted octanol–water partition coefficient (Wildman–Crippen LogP) is 2.91. The summed E-state index contributed by atoms with van der Waals surface area (Å²) in [6.45, 7) is 0.429. The van der Waals surface area contributed by atoms with Crippen molar-refractivity contribution in [2.24, 2.45) is 5.92 Å². The van der Waals surface area contributed by atoms with Crippen molar-refractivity contribution in [2.45, 2.75) is 31.1 Å². The van der Waals surface area contributed by atoms with Crippen molar-refractivity contribution in [3.8, 4) is 0 Å². The SMILES string of the molecule is COC(CN1c2ccc(Br)cc2CS1(=O)=O)C1CCC1. The third kappa shape index (κ3) is 2.49. The second kappa shape index (κ2) is 5.31. The van der Waals surface area contributed by atoms with Crippen LogP contribution < -0.4 is 4.31 Å². The van der Waals surface area contributed by atoms with Crippen molar-refractivity contribution >= 4 is 31.6 Å². The van der Waals surface area contributed by atoms with Gasteiger partial charge in [-0.05, 0) is 42.5 Å². The number of nitrogens with zero attached hydrogens (tertiary/aromatic N) is 1. The Morgan fingerprint density at radius 3 is 2.80 bits per heavy atom. The molecule has 1 aliphatic carbocycles. The monoisotopic (exact) mass is 359 g/mol. The third-order valence-corrected chi connectivity index (χ3v) is 6.49. The number of anilines is 1. The Balaban J connectivity index is 1.88. The first-order valence-corrected chi connectivity index (χ1v) is 9.23. The number of ether oxygens (including phenoxy) is 1. The number of fused-ring (bicyclic) bond motifs is 1. The van der Waals surface area contributed by atoms with Gasteiger partial charge in [0.1, 0.15) is 0 Å². The maximum atomic E-state index is 12.4. The molecule has 0 aromatic heterocycles. The van der Waals surface area contributed by atoms with Crippen molar-refractivity contribution in [3.63, 3.8) is 0 Å². The molecule has 1 aromatic carbocycles. The molecule has 6 heteroatoms. The first-order valence-electron chi connectivity index (χ1n) is 6.83. The molecule has 0 spiro atoms. The fourth-order valence-corrected chi connectivity index (χ4v) is 4.98. The lowest BCUT2D eigenvalue weighted by atomic mass is 9.81. The summed E-state index contributed by atoms with van der Waals surface area (Å²) in [5.74, 6) is 0.581. The highest BCUT2D eigenvalue weighted by atomic mass is 79.9. The largest absolute Gasteiger partial charge is 0.379 e. The van der Waals surface area contributed by atoms with Crippen molar-refractivity contribution in [1.29, 1.82) is 0 Å². The average molecular weight is 360 g/mol. The van der Waals surface area contributed by atoms with Crippen LogP contribution in [0.1, 0.15) is 24.8 Å². The maximum absolute atomic E-state index is 12.4. The van der Waals surface area contributed by atoms with E-state index in [1.807, 2.05) is 18.2 Å². The lowest BCUT2D eigenvalue weighted by Crippen LogP contribution is -2.41. The highest BCUT2D eigenvalue weighted by Gasteiger charge is 2.37. The van der Waals surface area contributed by atoms with Crippen molar-refractivity contribution in [2.75, 3.05) is 18.0 Å². The van der Waals surface area contributed by atoms with E-state index < -0.39 is 10.0 Å². The molecule has 1 saturated carbocycles. The molecule has 1 aliphatic heterocycles. The van der Waals surface area contributed by atoms with Crippen LogP contribution in [0, 0.1) is 5.92 Å². The molecule has 0 N–H and O–H groups in total. The van der Waals surface area contributed by atoms with Gasteiger partial charge in [0.2, 0.25) is 10.0 Å². The van der Waals surface area contributed by atoms with E-state index in [-0.39, 0.29) is 11.9 Å². The Labute approximate surface area is 128 Å². The lowest BCUT2D eigenvalue weighted by Gasteiger charge is -2.35. The summed E-state index contributed by atoms with van der Waals surface area (Å²) in [7, 11) is -1.58. The summed E-state index contributed by atoms with van der Waals surface area (Å²) in [6.07, 6.45) is 3.49. The van der Waals surface area contributed by atoms with Gasteiger partial charge in [-0.3, -0.25) is 4.31 Å². The minimum Gasteiger partial charge on any atom is -0.379 e. The Kier molecular flexibility index (Phi) is 3.81. The molecule has 1 fully saturated rings. The zero-order chi connectivity index (χ0) is 14.3. The van der Waals surface area contributed by atoms with Gasteiger partial charge in [0.25, 0.3) is 0 Å². The van der Waals surface area contributed by atoms with Gasteiger partial charge in [-0.15, -0.1) is 0 Å². The summed E-state index contributed by atoms with van der Waals surface area (Å²) in [4.78, 5) is 0. The fraction of sp³-hybridized carbons (Fsp3) is 0.571. The van der Waals surface area contributed by atoms with E-state index in [1.54, 1.807) is 7.11 Å². The van der Waals surface area contributed by atoms with Crippen LogP contribution in [0.4, 0.5) is 5.69 Å². The Bertz CT molecular complexity index is 613. The van der Waals surface area contributed by atoms with Crippen LogP contribution in [0.2, 0.25) is 0 Å². The van der Waals surface area contributed by atoms with Crippen LogP contribution in [-0.2, 0) is 20.5 Å². The summed E-state index contributed by atoms with van der Waals surface area (Å²) < 4.78 is 32.7. The van der Waals surface area contributed by atoms with Crippen LogP contribution in [0.3, 0.4) is 0 Å². The molecule has 20 heavy (non-hydrogen) atoms. The minimum atomic E-state index is -3.25. The summed E-state index contributed by atoms with van der Waals surface area (Å²) in [5.41, 5.74) is 1.66. The van der Waals surface area contributed by atoms with Gasteiger partial charge >= 0.3 is 0 Å². The van der Waals surface area contributed by atoms with Gasteiger partial charge in [0.15, 0.2) is 0 Å². The van der Waals surface area contributed by atoms with Gasteiger partial charge in [-0.2, -0.15) is 0 Å². The summed E-state index contributed by atoms with van der Waals surface area (Å²) in [6, 6.07) is 5.65. The zero-order valence-corrected chi connectivity index (χ0v) is 13.8. The molecule has 4 nitrogen and oxygen atoms in total. The first-order chi connectivity index (χ1) is 9.51.